The highest BCUT2D eigenvalue weighted by Crippen LogP contribution is 2.46. The number of ether oxygens (including phenoxy) is 1. The molecule has 0 saturated heterocycles. The van der Waals surface area contributed by atoms with E-state index in [-0.39, 0.29) is 11.5 Å². The SMILES string of the molecule is N#CC1=C(N)Oc2n[nH]c(-c3ccccc3)c2[C@H]1c1ccc(-c2ccccc2Cl)o1. The van der Waals surface area contributed by atoms with Crippen LogP contribution in [0.4, 0.5) is 0 Å². The Labute approximate surface area is 177 Å². The van der Waals surface area contributed by atoms with Crippen molar-refractivity contribution in [2.75, 3.05) is 0 Å². The van der Waals surface area contributed by atoms with Crippen LogP contribution in [0.2, 0.25) is 5.02 Å². The van der Waals surface area contributed by atoms with Gasteiger partial charge in [0.15, 0.2) is 0 Å². The zero-order valence-electron chi connectivity index (χ0n) is 15.6. The Morgan fingerprint density at radius 3 is 2.57 bits per heavy atom. The van der Waals surface area contributed by atoms with Gasteiger partial charge in [-0.25, -0.2) is 0 Å². The topological polar surface area (TPSA) is 101 Å². The minimum atomic E-state index is -0.566. The zero-order valence-corrected chi connectivity index (χ0v) is 16.4. The molecule has 4 aromatic rings. The van der Waals surface area contributed by atoms with Crippen LogP contribution in [0, 0.1) is 11.3 Å². The third-order valence-electron chi connectivity index (χ3n) is 5.05. The van der Waals surface area contributed by atoms with Crippen molar-refractivity contribution in [3.05, 3.63) is 94.5 Å². The maximum absolute atomic E-state index is 9.82. The third-order valence-corrected chi connectivity index (χ3v) is 5.38. The van der Waals surface area contributed by atoms with Gasteiger partial charge in [-0.1, -0.05) is 54.1 Å². The van der Waals surface area contributed by atoms with Crippen molar-refractivity contribution in [2.24, 2.45) is 5.73 Å². The summed E-state index contributed by atoms with van der Waals surface area (Å²) in [5, 5.41) is 17.7. The number of allylic oxidation sites excluding steroid dienone is 1. The molecular formula is C23H15ClN4O2. The summed E-state index contributed by atoms with van der Waals surface area (Å²) in [4.78, 5) is 0. The molecule has 0 spiro atoms. The highest BCUT2D eigenvalue weighted by atomic mass is 35.5. The summed E-state index contributed by atoms with van der Waals surface area (Å²) < 4.78 is 11.8. The number of fused-ring (bicyclic) bond motifs is 1. The van der Waals surface area contributed by atoms with Crippen molar-refractivity contribution in [2.45, 2.75) is 5.92 Å². The summed E-state index contributed by atoms with van der Waals surface area (Å²) in [7, 11) is 0. The Morgan fingerprint density at radius 1 is 1.03 bits per heavy atom. The maximum Gasteiger partial charge on any atom is 0.244 e. The van der Waals surface area contributed by atoms with E-state index in [1.165, 1.54) is 0 Å². The monoisotopic (exact) mass is 414 g/mol. The average molecular weight is 415 g/mol. The second-order valence-electron chi connectivity index (χ2n) is 6.79. The molecule has 0 saturated carbocycles. The van der Waals surface area contributed by atoms with Gasteiger partial charge in [0.1, 0.15) is 23.2 Å². The fraction of sp³-hybridized carbons (Fsp3) is 0.0435. The third kappa shape index (κ3) is 2.84. The predicted molar refractivity (Wildman–Crippen MR) is 112 cm³/mol. The number of nitrogens with two attached hydrogens (primary N) is 1. The second-order valence-corrected chi connectivity index (χ2v) is 7.20. The minimum absolute atomic E-state index is 0.0109. The lowest BCUT2D eigenvalue weighted by atomic mass is 9.86. The Morgan fingerprint density at radius 2 is 1.80 bits per heavy atom. The summed E-state index contributed by atoms with van der Waals surface area (Å²) in [6.45, 7) is 0. The molecule has 7 heteroatoms. The van der Waals surface area contributed by atoms with Crippen molar-refractivity contribution in [3.8, 4) is 34.5 Å². The van der Waals surface area contributed by atoms with Crippen LogP contribution < -0.4 is 10.5 Å². The van der Waals surface area contributed by atoms with E-state index in [0.29, 0.717) is 28.0 Å². The molecule has 146 valence electrons. The van der Waals surface area contributed by atoms with Crippen molar-refractivity contribution < 1.29 is 9.15 Å². The molecule has 1 aliphatic rings. The first kappa shape index (κ1) is 18.1. The Kier molecular flexibility index (Phi) is 4.31. The first-order chi connectivity index (χ1) is 14.7. The molecule has 2 aromatic carbocycles. The van der Waals surface area contributed by atoms with Gasteiger partial charge < -0.3 is 14.9 Å². The normalized spacial score (nSPS) is 15.4. The molecule has 0 unspecified atom stereocenters. The number of rotatable bonds is 3. The fourth-order valence-electron chi connectivity index (χ4n) is 3.67. The number of halogens is 1. The summed E-state index contributed by atoms with van der Waals surface area (Å²) in [5.74, 6) is 0.920. The number of hydrogen-bond donors (Lipinski definition) is 2. The van der Waals surface area contributed by atoms with Crippen LogP contribution >= 0.6 is 11.6 Å². The number of nitrogens with zero attached hydrogens (tertiary/aromatic N) is 2. The molecular weight excluding hydrogens is 400 g/mol. The molecule has 2 aromatic heterocycles. The van der Waals surface area contributed by atoms with E-state index in [1.807, 2.05) is 60.7 Å². The molecule has 0 fully saturated rings. The van der Waals surface area contributed by atoms with E-state index in [0.717, 1.165) is 16.8 Å². The highest BCUT2D eigenvalue weighted by molar-refractivity contribution is 6.33. The van der Waals surface area contributed by atoms with Gasteiger partial charge >= 0.3 is 0 Å². The van der Waals surface area contributed by atoms with Gasteiger partial charge in [-0.3, -0.25) is 5.10 Å². The smallest absolute Gasteiger partial charge is 0.244 e. The van der Waals surface area contributed by atoms with E-state index in [1.54, 1.807) is 6.07 Å². The lowest BCUT2D eigenvalue weighted by molar-refractivity contribution is 0.372. The second kappa shape index (κ2) is 7.14. The quantitative estimate of drug-likeness (QED) is 0.479. The Bertz CT molecular complexity index is 1310. The zero-order chi connectivity index (χ0) is 20.7. The summed E-state index contributed by atoms with van der Waals surface area (Å²) >= 11 is 6.33. The van der Waals surface area contributed by atoms with Crippen LogP contribution in [-0.2, 0) is 0 Å². The van der Waals surface area contributed by atoms with E-state index in [4.69, 9.17) is 26.5 Å². The molecule has 0 radical (unpaired) electrons. The Hall–Kier alpha value is -3.95. The van der Waals surface area contributed by atoms with Crippen LogP contribution in [-0.4, -0.2) is 10.2 Å². The first-order valence-electron chi connectivity index (χ1n) is 9.23. The number of H-pyrrole nitrogens is 1. The lowest BCUT2D eigenvalue weighted by Crippen LogP contribution is -2.20. The van der Waals surface area contributed by atoms with Gasteiger partial charge in [0.05, 0.1) is 22.2 Å². The Balaban J connectivity index is 1.68. The molecule has 0 aliphatic carbocycles. The van der Waals surface area contributed by atoms with Crippen LogP contribution in [0.5, 0.6) is 5.88 Å². The molecule has 3 heterocycles. The van der Waals surface area contributed by atoms with Crippen LogP contribution in [0.1, 0.15) is 17.2 Å². The summed E-state index contributed by atoms with van der Waals surface area (Å²) in [6.07, 6.45) is 0. The predicted octanol–water partition coefficient (Wildman–Crippen LogP) is 5.21. The molecule has 5 rings (SSSR count). The van der Waals surface area contributed by atoms with Crippen molar-refractivity contribution >= 4 is 11.6 Å². The molecule has 0 bridgehead atoms. The van der Waals surface area contributed by atoms with Crippen molar-refractivity contribution in [3.63, 3.8) is 0 Å². The van der Waals surface area contributed by atoms with Crippen molar-refractivity contribution in [1.82, 2.24) is 10.2 Å². The fourth-order valence-corrected chi connectivity index (χ4v) is 3.90. The highest BCUT2D eigenvalue weighted by Gasteiger charge is 2.37. The summed E-state index contributed by atoms with van der Waals surface area (Å²) in [6, 6.07) is 23.0. The molecule has 30 heavy (non-hydrogen) atoms. The van der Waals surface area contributed by atoms with Crippen molar-refractivity contribution in [1.29, 1.82) is 5.26 Å². The molecule has 1 aliphatic heterocycles. The number of hydrogen-bond acceptors (Lipinski definition) is 5. The largest absolute Gasteiger partial charge is 0.460 e. The van der Waals surface area contributed by atoms with Gasteiger partial charge in [0.2, 0.25) is 11.8 Å². The van der Waals surface area contributed by atoms with Gasteiger partial charge in [-0.2, -0.15) is 5.26 Å². The maximum atomic E-state index is 9.82. The van der Waals surface area contributed by atoms with E-state index >= 15 is 0 Å². The average Bonchev–Trinajstić information content (AvgIpc) is 3.41. The van der Waals surface area contributed by atoms with E-state index < -0.39 is 5.92 Å². The number of aromatic nitrogens is 2. The van der Waals surface area contributed by atoms with Crippen LogP contribution in [0.25, 0.3) is 22.6 Å². The van der Waals surface area contributed by atoms with E-state index in [9.17, 15) is 5.26 Å². The molecule has 6 nitrogen and oxygen atoms in total. The lowest BCUT2D eigenvalue weighted by Gasteiger charge is -2.22. The number of nitriles is 1. The van der Waals surface area contributed by atoms with Gasteiger partial charge in [-0.05, 0) is 29.8 Å². The standard InChI is InChI=1S/C23H15ClN4O2/c24-16-9-5-4-8-14(16)17-10-11-18(29-17)19-15(12-25)22(26)30-23-20(19)21(27-28-23)13-6-2-1-3-7-13/h1-11,19H,26H2,(H,27,28)/t19-/m1/s1. The van der Waals surface area contributed by atoms with E-state index in [2.05, 4.69) is 16.3 Å². The van der Waals surface area contributed by atoms with Crippen LogP contribution in [0.3, 0.4) is 0 Å². The number of benzene rings is 2. The van der Waals surface area contributed by atoms with Gasteiger partial charge in [0.25, 0.3) is 0 Å². The molecule has 0 amide bonds. The number of aromatic amines is 1. The molecule has 3 N–H and O–H groups in total. The molecule has 1 atom stereocenters. The summed E-state index contributed by atoms with van der Waals surface area (Å²) in [5.41, 5.74) is 9.43. The number of nitrogens with one attached hydrogen (secondary N) is 1. The van der Waals surface area contributed by atoms with Gasteiger partial charge in [0, 0.05) is 5.56 Å². The minimum Gasteiger partial charge on any atom is -0.460 e. The van der Waals surface area contributed by atoms with Gasteiger partial charge in [-0.15, -0.1) is 5.10 Å². The van der Waals surface area contributed by atoms with Crippen LogP contribution in [0.15, 0.2) is 82.6 Å². The number of furan rings is 1. The first-order valence-corrected chi connectivity index (χ1v) is 9.61.